The molecule has 120 valence electrons. The third kappa shape index (κ3) is 2.86. The van der Waals surface area contributed by atoms with Gasteiger partial charge in [0.25, 0.3) is 5.91 Å². The maximum Gasteiger partial charge on any atom is 0.311 e. The van der Waals surface area contributed by atoms with E-state index in [0.29, 0.717) is 11.1 Å². The summed E-state index contributed by atoms with van der Waals surface area (Å²) in [6.07, 6.45) is 3.96. The topological polar surface area (TPSA) is 79.5 Å². The zero-order chi connectivity index (χ0) is 16.4. The van der Waals surface area contributed by atoms with Crippen molar-refractivity contribution in [3.63, 3.8) is 0 Å². The van der Waals surface area contributed by atoms with Crippen LogP contribution in [0.1, 0.15) is 46.5 Å². The molecular formula is C18H19NO4. The first-order valence-electron chi connectivity index (χ1n) is 7.69. The second kappa shape index (κ2) is 5.91. The van der Waals surface area contributed by atoms with E-state index in [2.05, 4.69) is 5.32 Å². The molecule has 1 aliphatic carbocycles. The lowest BCUT2D eigenvalue weighted by atomic mass is 9.71. The summed E-state index contributed by atoms with van der Waals surface area (Å²) >= 11 is 0. The Bertz CT molecular complexity index is 729. The Kier molecular flexibility index (Phi) is 3.94. The van der Waals surface area contributed by atoms with E-state index in [0.717, 1.165) is 24.8 Å². The van der Waals surface area contributed by atoms with Crippen LogP contribution in [0.5, 0.6) is 0 Å². The minimum absolute atomic E-state index is 0.204. The molecule has 3 rings (SSSR count). The molecule has 0 aliphatic heterocycles. The molecule has 1 amide bonds. The number of rotatable bonds is 5. The second-order valence-electron chi connectivity index (χ2n) is 6.04. The number of amides is 1. The zero-order valence-electron chi connectivity index (χ0n) is 13.0. The lowest BCUT2D eigenvalue weighted by Crippen LogP contribution is -2.51. The number of carboxylic acid groups (broad SMARTS) is 1. The molecule has 1 heterocycles. The molecule has 0 spiro atoms. The number of carbonyl (C=O) groups excluding carboxylic acids is 1. The minimum Gasteiger partial charge on any atom is -0.481 e. The van der Waals surface area contributed by atoms with Gasteiger partial charge in [-0.1, -0.05) is 30.3 Å². The molecular weight excluding hydrogens is 294 g/mol. The first-order chi connectivity index (χ1) is 11.0. The maximum absolute atomic E-state index is 12.7. The van der Waals surface area contributed by atoms with E-state index >= 15 is 0 Å². The van der Waals surface area contributed by atoms with Crippen LogP contribution in [0, 0.1) is 6.92 Å². The van der Waals surface area contributed by atoms with Crippen molar-refractivity contribution in [2.24, 2.45) is 0 Å². The third-order valence-corrected chi connectivity index (χ3v) is 4.48. The van der Waals surface area contributed by atoms with Crippen LogP contribution in [0.15, 0.2) is 41.0 Å². The van der Waals surface area contributed by atoms with Crippen LogP contribution in [0.4, 0.5) is 0 Å². The van der Waals surface area contributed by atoms with E-state index in [9.17, 15) is 9.59 Å². The van der Waals surface area contributed by atoms with Crippen LogP contribution in [0.25, 0.3) is 0 Å². The number of nitrogens with one attached hydrogen (secondary N) is 1. The standard InChI is InChI=1S/C18H19NO4/c1-12-11-23-14(10-15(20)21)16(12)17(22)19-18(8-5-9-18)13-6-3-2-4-7-13/h2-4,6-7,11H,5,8-10H2,1H3,(H,19,22)(H,20,21). The number of hydrogen-bond acceptors (Lipinski definition) is 3. The Morgan fingerprint density at radius 2 is 1.96 bits per heavy atom. The molecule has 0 unspecified atom stereocenters. The van der Waals surface area contributed by atoms with Crippen LogP contribution in [0.2, 0.25) is 0 Å². The number of furan rings is 1. The molecule has 5 nitrogen and oxygen atoms in total. The van der Waals surface area contributed by atoms with Gasteiger partial charge in [0.2, 0.25) is 0 Å². The fraction of sp³-hybridized carbons (Fsp3) is 0.333. The SMILES string of the molecule is Cc1coc(CC(=O)O)c1C(=O)NC1(c2ccccc2)CCC1. The van der Waals surface area contributed by atoms with Gasteiger partial charge in [-0.2, -0.15) is 0 Å². The highest BCUT2D eigenvalue weighted by Crippen LogP contribution is 2.41. The van der Waals surface area contributed by atoms with Crippen LogP contribution in [-0.2, 0) is 16.8 Å². The Balaban J connectivity index is 1.87. The first-order valence-corrected chi connectivity index (χ1v) is 7.69. The van der Waals surface area contributed by atoms with Crippen molar-refractivity contribution >= 4 is 11.9 Å². The highest BCUT2D eigenvalue weighted by molar-refractivity contribution is 5.98. The number of hydrogen-bond donors (Lipinski definition) is 2. The van der Waals surface area contributed by atoms with Crippen molar-refractivity contribution in [2.45, 2.75) is 38.1 Å². The normalized spacial score (nSPS) is 15.7. The maximum atomic E-state index is 12.7. The summed E-state index contributed by atoms with van der Waals surface area (Å²) in [6, 6.07) is 9.89. The molecule has 1 fully saturated rings. The van der Waals surface area contributed by atoms with E-state index in [-0.39, 0.29) is 23.6 Å². The molecule has 23 heavy (non-hydrogen) atoms. The Labute approximate surface area is 134 Å². The summed E-state index contributed by atoms with van der Waals surface area (Å²) in [7, 11) is 0. The average Bonchev–Trinajstić information content (AvgIpc) is 2.84. The van der Waals surface area contributed by atoms with Gasteiger partial charge in [-0.15, -0.1) is 0 Å². The summed E-state index contributed by atoms with van der Waals surface area (Å²) in [5.74, 6) is -1.08. The van der Waals surface area contributed by atoms with Crippen molar-refractivity contribution in [3.8, 4) is 0 Å². The quantitative estimate of drug-likeness (QED) is 0.889. The largest absolute Gasteiger partial charge is 0.481 e. The number of carboxylic acids is 1. The van der Waals surface area contributed by atoms with Crippen LogP contribution >= 0.6 is 0 Å². The van der Waals surface area contributed by atoms with Crippen LogP contribution < -0.4 is 5.32 Å². The number of aliphatic carboxylic acids is 1. The number of benzene rings is 1. The summed E-state index contributed by atoms with van der Waals surface area (Å²) in [4.78, 5) is 23.7. The molecule has 0 saturated heterocycles. The predicted octanol–water partition coefficient (Wildman–Crippen LogP) is 3.02. The van der Waals surface area contributed by atoms with E-state index in [1.807, 2.05) is 30.3 Å². The predicted molar refractivity (Wildman–Crippen MR) is 84.2 cm³/mol. The Morgan fingerprint density at radius 3 is 2.52 bits per heavy atom. The molecule has 2 aromatic rings. The lowest BCUT2D eigenvalue weighted by Gasteiger charge is -2.43. The monoisotopic (exact) mass is 313 g/mol. The average molecular weight is 313 g/mol. The highest BCUT2D eigenvalue weighted by atomic mass is 16.4. The van der Waals surface area contributed by atoms with Gasteiger partial charge in [0, 0.05) is 5.56 Å². The molecule has 1 aromatic heterocycles. The third-order valence-electron chi connectivity index (χ3n) is 4.48. The first kappa shape index (κ1) is 15.3. The fourth-order valence-corrected chi connectivity index (χ4v) is 3.12. The van der Waals surface area contributed by atoms with Crippen molar-refractivity contribution in [1.82, 2.24) is 5.32 Å². The van der Waals surface area contributed by atoms with Gasteiger partial charge >= 0.3 is 5.97 Å². The van der Waals surface area contributed by atoms with Crippen molar-refractivity contribution in [2.75, 3.05) is 0 Å². The van der Waals surface area contributed by atoms with Gasteiger partial charge in [-0.05, 0) is 31.7 Å². The van der Waals surface area contributed by atoms with Gasteiger partial charge in [-0.3, -0.25) is 9.59 Å². The van der Waals surface area contributed by atoms with Crippen LogP contribution in [0.3, 0.4) is 0 Å². The zero-order valence-corrected chi connectivity index (χ0v) is 13.0. The minimum atomic E-state index is -1.02. The molecule has 0 atom stereocenters. The number of aryl methyl sites for hydroxylation is 1. The summed E-state index contributed by atoms with van der Waals surface area (Å²) < 4.78 is 5.26. The van der Waals surface area contributed by atoms with Gasteiger partial charge in [-0.25, -0.2) is 0 Å². The Hall–Kier alpha value is -2.56. The second-order valence-corrected chi connectivity index (χ2v) is 6.04. The van der Waals surface area contributed by atoms with Crippen molar-refractivity contribution in [3.05, 3.63) is 59.0 Å². The highest BCUT2D eigenvalue weighted by Gasteiger charge is 2.40. The molecule has 1 aliphatic rings. The summed E-state index contributed by atoms with van der Waals surface area (Å²) in [5.41, 5.74) is 1.72. The molecule has 0 bridgehead atoms. The summed E-state index contributed by atoms with van der Waals surface area (Å²) in [5, 5.41) is 12.1. The molecule has 0 radical (unpaired) electrons. The summed E-state index contributed by atoms with van der Waals surface area (Å²) in [6.45, 7) is 1.75. The number of carbonyl (C=O) groups is 2. The van der Waals surface area contributed by atoms with E-state index < -0.39 is 5.97 Å². The lowest BCUT2D eigenvalue weighted by molar-refractivity contribution is -0.136. The van der Waals surface area contributed by atoms with E-state index in [4.69, 9.17) is 9.52 Å². The van der Waals surface area contributed by atoms with Gasteiger partial charge in [0.15, 0.2) is 0 Å². The molecule has 5 heteroatoms. The van der Waals surface area contributed by atoms with E-state index in [1.165, 1.54) is 6.26 Å². The molecule has 1 saturated carbocycles. The van der Waals surface area contributed by atoms with Crippen molar-refractivity contribution < 1.29 is 19.1 Å². The van der Waals surface area contributed by atoms with Crippen molar-refractivity contribution in [1.29, 1.82) is 0 Å². The molecule has 2 N–H and O–H groups in total. The van der Waals surface area contributed by atoms with Gasteiger partial charge in [0.1, 0.15) is 12.2 Å². The smallest absolute Gasteiger partial charge is 0.311 e. The molecule has 1 aromatic carbocycles. The van der Waals surface area contributed by atoms with E-state index in [1.54, 1.807) is 6.92 Å². The van der Waals surface area contributed by atoms with Crippen LogP contribution in [-0.4, -0.2) is 17.0 Å². The van der Waals surface area contributed by atoms with Gasteiger partial charge < -0.3 is 14.8 Å². The fourth-order valence-electron chi connectivity index (χ4n) is 3.12. The Morgan fingerprint density at radius 1 is 1.26 bits per heavy atom. The van der Waals surface area contributed by atoms with Gasteiger partial charge in [0.05, 0.1) is 17.4 Å².